The van der Waals surface area contributed by atoms with Crippen LogP contribution in [0.15, 0.2) is 28.5 Å². The van der Waals surface area contributed by atoms with Crippen LogP contribution in [-0.4, -0.2) is 37.0 Å². The summed E-state index contributed by atoms with van der Waals surface area (Å²) in [7, 11) is 3.86. The predicted octanol–water partition coefficient (Wildman–Crippen LogP) is 0.984. The van der Waals surface area contributed by atoms with E-state index in [1.54, 1.807) is 12.4 Å². The van der Waals surface area contributed by atoms with Crippen LogP contribution >= 0.6 is 0 Å². The quantitative estimate of drug-likeness (QED) is 0.879. The topological polar surface area (TPSA) is 70.0 Å². The maximum absolute atomic E-state index is 12.0. The Hall–Kier alpha value is -2.24. The number of amides is 1. The number of carbonyl (C=O) groups is 1. The molecule has 1 N–H and O–H groups in total. The largest absolute Gasteiger partial charge is 0.376 e. The van der Waals surface area contributed by atoms with Gasteiger partial charge in [0, 0.05) is 32.9 Å². The zero-order valence-electron chi connectivity index (χ0n) is 11.1. The number of aromatic nitrogens is 1. The third-order valence-corrected chi connectivity index (χ3v) is 2.73. The third kappa shape index (κ3) is 3.61. The molecule has 0 radical (unpaired) electrons. The van der Waals surface area contributed by atoms with Gasteiger partial charge >= 0.3 is 0 Å². The number of nitrogens with one attached hydrogen (secondary N) is 1. The maximum Gasteiger partial charge on any atom is 0.231 e. The molecule has 6 heteroatoms. The number of anilines is 1. The van der Waals surface area contributed by atoms with Crippen LogP contribution in [0.3, 0.4) is 0 Å². The van der Waals surface area contributed by atoms with E-state index in [1.165, 1.54) is 0 Å². The Morgan fingerprint density at radius 1 is 1.47 bits per heavy atom. The summed E-state index contributed by atoms with van der Waals surface area (Å²) >= 11 is 0. The fourth-order valence-corrected chi connectivity index (χ4v) is 1.84. The van der Waals surface area contributed by atoms with E-state index in [0.717, 1.165) is 24.2 Å². The first kappa shape index (κ1) is 13.2. The molecule has 1 aromatic heterocycles. The number of hydrogen-bond donors (Lipinski definition) is 1. The predicted molar refractivity (Wildman–Crippen MR) is 75.6 cm³/mol. The van der Waals surface area contributed by atoms with E-state index in [9.17, 15) is 4.79 Å². The number of pyridine rings is 1. The van der Waals surface area contributed by atoms with E-state index in [2.05, 4.69) is 20.5 Å². The van der Waals surface area contributed by atoms with Crippen LogP contribution in [0.4, 0.5) is 5.69 Å². The van der Waals surface area contributed by atoms with Gasteiger partial charge in [-0.25, -0.2) is 0 Å². The first-order valence-corrected chi connectivity index (χ1v) is 6.16. The Labute approximate surface area is 112 Å². The van der Waals surface area contributed by atoms with Gasteiger partial charge in [0.2, 0.25) is 5.91 Å². The van der Waals surface area contributed by atoms with Gasteiger partial charge < -0.3 is 10.2 Å². The van der Waals surface area contributed by atoms with E-state index in [1.807, 2.05) is 31.1 Å². The summed E-state index contributed by atoms with van der Waals surface area (Å²) in [5, 5.41) is 10.5. The van der Waals surface area contributed by atoms with Crippen molar-refractivity contribution in [3.63, 3.8) is 0 Å². The Morgan fingerprint density at radius 3 is 3.00 bits per heavy atom. The minimum Gasteiger partial charge on any atom is -0.376 e. The second kappa shape index (κ2) is 6.08. The van der Waals surface area contributed by atoms with Crippen molar-refractivity contribution in [2.45, 2.75) is 19.3 Å². The first-order valence-electron chi connectivity index (χ1n) is 6.16. The molecule has 6 nitrogen and oxygen atoms in total. The molecular formula is C13H17N5O. The highest BCUT2D eigenvalue weighted by atomic mass is 16.1. The Balaban J connectivity index is 2.03. The summed E-state index contributed by atoms with van der Waals surface area (Å²) in [5.41, 5.74) is 1.70. The lowest BCUT2D eigenvalue weighted by molar-refractivity contribution is -0.119. The molecule has 1 aliphatic heterocycles. The molecule has 0 aromatic carbocycles. The van der Waals surface area contributed by atoms with Crippen LogP contribution in [0.1, 0.15) is 18.5 Å². The summed E-state index contributed by atoms with van der Waals surface area (Å²) in [6.07, 6.45) is 5.19. The Kier molecular flexibility index (Phi) is 4.22. The van der Waals surface area contributed by atoms with Gasteiger partial charge in [-0.1, -0.05) is 0 Å². The average Bonchev–Trinajstić information content (AvgIpc) is 2.40. The molecule has 0 fully saturated rings. The smallest absolute Gasteiger partial charge is 0.231 e. The molecule has 0 atom stereocenters. The van der Waals surface area contributed by atoms with E-state index in [4.69, 9.17) is 0 Å². The van der Waals surface area contributed by atoms with Gasteiger partial charge in [0.15, 0.2) is 0 Å². The van der Waals surface area contributed by atoms with Crippen molar-refractivity contribution < 1.29 is 4.79 Å². The molecule has 1 aliphatic rings. The van der Waals surface area contributed by atoms with E-state index >= 15 is 0 Å². The van der Waals surface area contributed by atoms with E-state index in [0.29, 0.717) is 5.84 Å². The molecule has 0 saturated carbocycles. The molecule has 1 amide bonds. The molecule has 100 valence electrons. The van der Waals surface area contributed by atoms with Gasteiger partial charge in [0.05, 0.1) is 17.8 Å². The SMILES string of the molecule is CN(C)c1cccnc1CC(=O)NC1=NN=CCC1. The zero-order valence-corrected chi connectivity index (χ0v) is 11.1. The summed E-state index contributed by atoms with van der Waals surface area (Å²) in [5.74, 6) is 0.507. The minimum atomic E-state index is -0.113. The van der Waals surface area contributed by atoms with Gasteiger partial charge in [0.1, 0.15) is 5.84 Å². The van der Waals surface area contributed by atoms with Crippen molar-refractivity contribution in [1.29, 1.82) is 0 Å². The van der Waals surface area contributed by atoms with Gasteiger partial charge in [0.25, 0.3) is 0 Å². The second-order valence-corrected chi connectivity index (χ2v) is 4.47. The molecule has 0 spiro atoms. The highest BCUT2D eigenvalue weighted by molar-refractivity contribution is 6.00. The summed E-state index contributed by atoms with van der Waals surface area (Å²) in [6, 6.07) is 3.80. The molecule has 0 saturated heterocycles. The van der Waals surface area contributed by atoms with Gasteiger partial charge in [-0.3, -0.25) is 9.78 Å². The van der Waals surface area contributed by atoms with Crippen LogP contribution < -0.4 is 10.2 Å². The number of carbonyl (C=O) groups excluding carboxylic acids is 1. The third-order valence-electron chi connectivity index (χ3n) is 2.73. The molecule has 2 rings (SSSR count). The Morgan fingerprint density at radius 2 is 2.32 bits per heavy atom. The van der Waals surface area contributed by atoms with E-state index in [-0.39, 0.29) is 12.3 Å². The van der Waals surface area contributed by atoms with Crippen molar-refractivity contribution in [3.05, 3.63) is 24.0 Å². The fourth-order valence-electron chi connectivity index (χ4n) is 1.84. The molecule has 19 heavy (non-hydrogen) atoms. The van der Waals surface area contributed by atoms with Crippen LogP contribution in [0.25, 0.3) is 0 Å². The number of amidine groups is 1. The molecule has 0 unspecified atom stereocenters. The maximum atomic E-state index is 12.0. The normalized spacial score (nSPS) is 13.9. The number of rotatable bonds is 3. The van der Waals surface area contributed by atoms with Crippen LogP contribution in [-0.2, 0) is 11.2 Å². The fraction of sp³-hybridized carbons (Fsp3) is 0.385. The monoisotopic (exact) mass is 259 g/mol. The lowest BCUT2D eigenvalue weighted by atomic mass is 10.2. The van der Waals surface area contributed by atoms with E-state index < -0.39 is 0 Å². The summed E-state index contributed by atoms with van der Waals surface area (Å²) in [6.45, 7) is 0. The van der Waals surface area contributed by atoms with Crippen molar-refractivity contribution in [2.75, 3.05) is 19.0 Å². The highest BCUT2D eigenvalue weighted by Gasteiger charge is 2.13. The minimum absolute atomic E-state index is 0.113. The number of hydrogen-bond acceptors (Lipinski definition) is 5. The molecular weight excluding hydrogens is 242 g/mol. The van der Waals surface area contributed by atoms with Gasteiger partial charge in [-0.05, 0) is 18.6 Å². The Bertz CT molecular complexity index is 522. The number of nitrogens with zero attached hydrogens (tertiary/aromatic N) is 4. The molecule has 0 bridgehead atoms. The summed E-state index contributed by atoms with van der Waals surface area (Å²) in [4.78, 5) is 18.2. The lowest BCUT2D eigenvalue weighted by Crippen LogP contribution is -2.33. The molecule has 0 aliphatic carbocycles. The second-order valence-electron chi connectivity index (χ2n) is 4.47. The molecule has 2 heterocycles. The zero-order chi connectivity index (χ0) is 13.7. The van der Waals surface area contributed by atoms with Crippen molar-refractivity contribution in [3.8, 4) is 0 Å². The lowest BCUT2D eigenvalue weighted by Gasteiger charge is -2.16. The van der Waals surface area contributed by atoms with Crippen molar-refractivity contribution >= 4 is 23.6 Å². The van der Waals surface area contributed by atoms with Gasteiger partial charge in [-0.2, -0.15) is 5.10 Å². The first-order chi connectivity index (χ1) is 9.16. The average molecular weight is 259 g/mol. The standard InChI is InChI=1S/C13H17N5O/c1-18(2)11-5-3-7-14-10(11)9-13(19)16-12-6-4-8-15-17-12/h3,5,7-8H,4,6,9H2,1-2H3,(H,16,17,19). The van der Waals surface area contributed by atoms with Crippen LogP contribution in [0.2, 0.25) is 0 Å². The van der Waals surface area contributed by atoms with Crippen LogP contribution in [0, 0.1) is 0 Å². The summed E-state index contributed by atoms with van der Waals surface area (Å²) < 4.78 is 0. The van der Waals surface area contributed by atoms with Gasteiger partial charge in [-0.15, -0.1) is 5.10 Å². The van der Waals surface area contributed by atoms with Crippen molar-refractivity contribution in [1.82, 2.24) is 10.3 Å². The molecule has 1 aromatic rings. The highest BCUT2D eigenvalue weighted by Crippen LogP contribution is 2.15. The van der Waals surface area contributed by atoms with Crippen molar-refractivity contribution in [2.24, 2.45) is 10.2 Å². The van der Waals surface area contributed by atoms with Crippen LogP contribution in [0.5, 0.6) is 0 Å².